The fourth-order valence-corrected chi connectivity index (χ4v) is 10.3. The second kappa shape index (κ2) is 17.2. The van der Waals surface area contributed by atoms with Crippen molar-refractivity contribution in [3.05, 3.63) is 259 Å². The Morgan fingerprint density at radius 2 is 1.24 bits per heavy atom. The molecule has 0 amide bonds. The van der Waals surface area contributed by atoms with Gasteiger partial charge in [0.05, 0.1) is 16.7 Å². The molecule has 0 saturated carbocycles. The van der Waals surface area contributed by atoms with Gasteiger partial charge in [0.2, 0.25) is 0 Å². The van der Waals surface area contributed by atoms with Crippen molar-refractivity contribution >= 4 is 77.0 Å². The first-order valence-electron chi connectivity index (χ1n) is 23.4. The summed E-state index contributed by atoms with van der Waals surface area (Å²) >= 11 is 0. The van der Waals surface area contributed by atoms with Crippen LogP contribution in [0.2, 0.25) is 0 Å². The van der Waals surface area contributed by atoms with E-state index in [0.717, 1.165) is 63.6 Å². The Morgan fingerprint density at radius 1 is 0.582 bits per heavy atom. The minimum absolute atomic E-state index is 0.871. The van der Waals surface area contributed by atoms with Crippen LogP contribution < -0.4 is 4.90 Å². The molecule has 11 aromatic rings. The van der Waals surface area contributed by atoms with Gasteiger partial charge in [0.15, 0.2) is 0 Å². The van der Waals surface area contributed by atoms with E-state index >= 15 is 0 Å². The normalized spacial score (nSPS) is 13.3. The molecule has 1 aliphatic rings. The van der Waals surface area contributed by atoms with Crippen LogP contribution >= 0.6 is 0 Å². The van der Waals surface area contributed by atoms with Crippen molar-refractivity contribution in [1.82, 2.24) is 4.57 Å². The van der Waals surface area contributed by atoms with Gasteiger partial charge in [0, 0.05) is 55.1 Å². The van der Waals surface area contributed by atoms with Crippen LogP contribution in [0.25, 0.3) is 82.5 Å². The van der Waals surface area contributed by atoms with Gasteiger partial charge in [0.1, 0.15) is 11.2 Å². The molecule has 9 aromatic carbocycles. The van der Waals surface area contributed by atoms with E-state index in [2.05, 4.69) is 253 Å². The molecule has 2 heterocycles. The molecule has 0 saturated heterocycles. The van der Waals surface area contributed by atoms with Crippen molar-refractivity contribution in [3.63, 3.8) is 0 Å². The number of aromatic nitrogens is 1. The number of anilines is 2. The summed E-state index contributed by atoms with van der Waals surface area (Å²) in [7, 11) is 0. The second-order valence-corrected chi connectivity index (χ2v) is 17.4. The van der Waals surface area contributed by atoms with E-state index in [-0.39, 0.29) is 0 Å². The molecule has 0 bridgehead atoms. The summed E-state index contributed by atoms with van der Waals surface area (Å²) in [6.07, 6.45) is 14.0. The molecule has 0 unspecified atom stereocenters. The highest BCUT2D eigenvalue weighted by Gasteiger charge is 2.23. The van der Waals surface area contributed by atoms with Crippen LogP contribution in [0, 0.1) is 0 Å². The maximum atomic E-state index is 6.58. The fraction of sp³-hybridized carbons (Fsp3) is 0.0625. The third-order valence-electron chi connectivity index (χ3n) is 13.5. The van der Waals surface area contributed by atoms with Crippen molar-refractivity contribution in [3.8, 4) is 16.8 Å². The van der Waals surface area contributed by atoms with Crippen molar-refractivity contribution < 1.29 is 4.42 Å². The highest BCUT2D eigenvalue weighted by molar-refractivity contribution is 6.15. The predicted octanol–water partition coefficient (Wildman–Crippen LogP) is 17.6. The Morgan fingerprint density at radius 3 is 2.00 bits per heavy atom. The van der Waals surface area contributed by atoms with Gasteiger partial charge in [-0.25, -0.2) is 0 Å². The van der Waals surface area contributed by atoms with Gasteiger partial charge in [-0.15, -0.1) is 0 Å². The summed E-state index contributed by atoms with van der Waals surface area (Å²) in [5.74, 6) is 0. The quantitative estimate of drug-likeness (QED) is 0.128. The van der Waals surface area contributed by atoms with Gasteiger partial charge in [-0.1, -0.05) is 176 Å². The molecule has 3 heteroatoms. The van der Waals surface area contributed by atoms with Crippen molar-refractivity contribution in [2.75, 3.05) is 4.90 Å². The van der Waals surface area contributed by atoms with Crippen LogP contribution in [0.3, 0.4) is 0 Å². The lowest BCUT2D eigenvalue weighted by molar-refractivity contribution is 0.672. The van der Waals surface area contributed by atoms with Gasteiger partial charge in [-0.3, -0.25) is 0 Å². The zero-order valence-electron chi connectivity index (χ0n) is 37.4. The molecular weight excluding hydrogens is 813 g/mol. The minimum atomic E-state index is 0.871. The lowest BCUT2D eigenvalue weighted by atomic mass is 9.93. The first-order chi connectivity index (χ1) is 33.2. The van der Waals surface area contributed by atoms with Gasteiger partial charge < -0.3 is 13.9 Å². The SMILES string of the molecule is C/C=C\C(=C/Cc1ccccc1)c1ccc(N(C2=C(c3ccc4oc5c6ccccc6ccc5c4c3)C=CCC2)c2ccc(-c3ccccc3-n3c4ccccc4c4ccccc43)cc2)cc1. The topological polar surface area (TPSA) is 21.3 Å². The number of fused-ring (bicyclic) bond motifs is 8. The van der Waals surface area contributed by atoms with Crippen LogP contribution in [0.5, 0.6) is 0 Å². The zero-order valence-corrected chi connectivity index (χ0v) is 37.4. The third kappa shape index (κ3) is 7.26. The average molecular weight is 861 g/mol. The highest BCUT2D eigenvalue weighted by Crippen LogP contribution is 2.43. The smallest absolute Gasteiger partial charge is 0.143 e. The zero-order chi connectivity index (χ0) is 44.7. The number of nitrogens with zero attached hydrogens (tertiary/aromatic N) is 2. The van der Waals surface area contributed by atoms with E-state index in [0.29, 0.717) is 0 Å². The van der Waals surface area contributed by atoms with Crippen molar-refractivity contribution in [2.24, 2.45) is 0 Å². The molecule has 0 spiro atoms. The summed E-state index contributed by atoms with van der Waals surface area (Å²) in [5.41, 5.74) is 17.3. The second-order valence-electron chi connectivity index (χ2n) is 17.4. The molecular formula is C64H48N2O. The van der Waals surface area contributed by atoms with Crippen LogP contribution in [0.1, 0.15) is 36.5 Å². The monoisotopic (exact) mass is 860 g/mol. The molecule has 3 nitrogen and oxygen atoms in total. The molecule has 12 rings (SSSR count). The van der Waals surface area contributed by atoms with E-state index in [9.17, 15) is 0 Å². The Labute approximate surface area is 391 Å². The number of rotatable bonds is 10. The Balaban J connectivity index is 0.988. The molecule has 0 radical (unpaired) electrons. The summed E-state index contributed by atoms with van der Waals surface area (Å²) < 4.78 is 9.00. The van der Waals surface area contributed by atoms with Gasteiger partial charge in [-0.05, 0) is 120 Å². The van der Waals surface area contributed by atoms with Gasteiger partial charge in [0.25, 0.3) is 0 Å². The first kappa shape index (κ1) is 40.1. The summed E-state index contributed by atoms with van der Waals surface area (Å²) in [6, 6.07) is 74.9. The standard InChI is InChI=1S/C64H48N2O/c1-2-16-45(30-29-44-17-4-3-5-18-44)46-31-37-50(38-32-46)65(59-25-12-9-21-53(59)49-36-42-63-58(43-49)57-41-35-47-19-6-7-22-54(47)64(57)67-63)51-39-33-48(34-40-51)52-20-8-13-26-60(52)66-61-27-14-10-23-55(61)56-24-11-15-28-62(56)66/h2-11,13-24,26-28,30-43H,12,25,29H2,1H3/b16-2-,45-30+. The Kier molecular flexibility index (Phi) is 10.3. The average Bonchev–Trinajstić information content (AvgIpc) is 3.94. The molecule has 0 aliphatic heterocycles. The summed E-state index contributed by atoms with van der Waals surface area (Å²) in [6.45, 7) is 2.09. The summed E-state index contributed by atoms with van der Waals surface area (Å²) in [5, 5.41) is 7.10. The van der Waals surface area contributed by atoms with Crippen LogP contribution in [-0.4, -0.2) is 4.57 Å². The van der Waals surface area contributed by atoms with Gasteiger partial charge >= 0.3 is 0 Å². The molecule has 0 atom stereocenters. The van der Waals surface area contributed by atoms with Crippen LogP contribution in [-0.2, 0) is 6.42 Å². The van der Waals surface area contributed by atoms with Crippen molar-refractivity contribution in [2.45, 2.75) is 26.2 Å². The Bertz CT molecular complexity index is 3710. The van der Waals surface area contributed by atoms with Crippen LogP contribution in [0.15, 0.2) is 247 Å². The lowest BCUT2D eigenvalue weighted by Crippen LogP contribution is -2.19. The number of hydrogen-bond acceptors (Lipinski definition) is 2. The number of furan rings is 1. The summed E-state index contributed by atoms with van der Waals surface area (Å²) in [4.78, 5) is 2.49. The predicted molar refractivity (Wildman–Crippen MR) is 284 cm³/mol. The van der Waals surface area contributed by atoms with Crippen LogP contribution in [0.4, 0.5) is 11.4 Å². The number of allylic oxidation sites excluding steroid dienone is 8. The highest BCUT2D eigenvalue weighted by atomic mass is 16.3. The Hall–Kier alpha value is -8.40. The third-order valence-corrected chi connectivity index (χ3v) is 13.5. The van der Waals surface area contributed by atoms with E-state index < -0.39 is 0 Å². The van der Waals surface area contributed by atoms with E-state index in [1.165, 1.54) is 71.9 Å². The lowest BCUT2D eigenvalue weighted by Gasteiger charge is -2.32. The molecule has 320 valence electrons. The van der Waals surface area contributed by atoms with Gasteiger partial charge in [-0.2, -0.15) is 0 Å². The largest absolute Gasteiger partial charge is 0.455 e. The maximum absolute atomic E-state index is 6.58. The first-order valence-corrected chi connectivity index (χ1v) is 23.4. The molecule has 0 N–H and O–H groups in total. The molecule has 2 aromatic heterocycles. The van der Waals surface area contributed by atoms with E-state index in [4.69, 9.17) is 4.42 Å². The number of para-hydroxylation sites is 3. The fourth-order valence-electron chi connectivity index (χ4n) is 10.3. The van der Waals surface area contributed by atoms with E-state index in [1.54, 1.807) is 0 Å². The maximum Gasteiger partial charge on any atom is 0.143 e. The number of benzene rings is 9. The van der Waals surface area contributed by atoms with Crippen molar-refractivity contribution in [1.29, 1.82) is 0 Å². The minimum Gasteiger partial charge on any atom is -0.455 e. The molecule has 1 aliphatic carbocycles. The molecule has 67 heavy (non-hydrogen) atoms. The number of hydrogen-bond donors (Lipinski definition) is 0. The molecule has 0 fully saturated rings. The van der Waals surface area contributed by atoms with E-state index in [1.807, 2.05) is 0 Å².